The minimum atomic E-state index is -3.73. The quantitative estimate of drug-likeness (QED) is 0.799. The molecule has 2 aromatic carbocycles. The molecule has 0 saturated carbocycles. The Morgan fingerprint density at radius 3 is 2.52 bits per heavy atom. The average molecular weight is 362 g/mol. The first-order valence-corrected chi connectivity index (χ1v) is 9.72. The fourth-order valence-corrected chi connectivity index (χ4v) is 4.56. The summed E-state index contributed by atoms with van der Waals surface area (Å²) in [5.74, 6) is 0.954. The largest absolute Gasteiger partial charge is 0.490 e. The van der Waals surface area contributed by atoms with Crippen molar-refractivity contribution in [3.05, 3.63) is 42.0 Å². The summed E-state index contributed by atoms with van der Waals surface area (Å²) in [6.45, 7) is 4.98. The van der Waals surface area contributed by atoms with Crippen molar-refractivity contribution < 1.29 is 17.9 Å². The lowest BCUT2D eigenvalue weighted by Crippen LogP contribution is -2.29. The summed E-state index contributed by atoms with van der Waals surface area (Å²) in [5, 5.41) is 0. The molecule has 25 heavy (non-hydrogen) atoms. The van der Waals surface area contributed by atoms with Crippen molar-refractivity contribution in [3.8, 4) is 11.5 Å². The number of nitrogens with two attached hydrogens (primary N) is 1. The van der Waals surface area contributed by atoms with Gasteiger partial charge in [0.15, 0.2) is 11.5 Å². The number of fused-ring (bicyclic) bond motifs is 1. The number of anilines is 2. The van der Waals surface area contributed by atoms with Gasteiger partial charge in [0.25, 0.3) is 10.0 Å². The van der Waals surface area contributed by atoms with Gasteiger partial charge in [0.2, 0.25) is 0 Å². The van der Waals surface area contributed by atoms with Gasteiger partial charge in [-0.2, -0.15) is 0 Å². The van der Waals surface area contributed by atoms with Crippen LogP contribution in [0.1, 0.15) is 19.4 Å². The molecule has 2 aromatic rings. The lowest BCUT2D eigenvalue weighted by atomic mass is 10.1. The molecule has 0 aromatic heterocycles. The van der Waals surface area contributed by atoms with Gasteiger partial charge in [0, 0.05) is 12.6 Å². The number of hydrogen-bond acceptors (Lipinski definition) is 5. The van der Waals surface area contributed by atoms with E-state index in [4.69, 9.17) is 15.2 Å². The summed E-state index contributed by atoms with van der Waals surface area (Å²) in [6, 6.07) is 10.2. The molecule has 0 spiro atoms. The first-order valence-electron chi connectivity index (χ1n) is 8.28. The predicted molar refractivity (Wildman–Crippen MR) is 97.9 cm³/mol. The van der Waals surface area contributed by atoms with Crippen LogP contribution in [-0.2, 0) is 16.4 Å². The molecule has 134 valence electrons. The third-order valence-corrected chi connectivity index (χ3v) is 5.88. The van der Waals surface area contributed by atoms with E-state index in [1.54, 1.807) is 18.2 Å². The standard InChI is InChI=1S/C18H22N2O4S/c1-3-23-16-9-8-14(12-17(16)24-4-2)25(21,22)20-11-10-13-6-5-7-15(19)18(13)20/h5-9,12H,3-4,10-11,19H2,1-2H3. The van der Waals surface area contributed by atoms with Gasteiger partial charge < -0.3 is 15.2 Å². The van der Waals surface area contributed by atoms with E-state index >= 15 is 0 Å². The van der Waals surface area contributed by atoms with Crippen molar-refractivity contribution in [2.45, 2.75) is 25.2 Å². The highest BCUT2D eigenvalue weighted by Crippen LogP contribution is 2.39. The molecular formula is C18H22N2O4S. The molecule has 0 saturated heterocycles. The average Bonchev–Trinajstić information content (AvgIpc) is 3.03. The molecule has 1 heterocycles. The predicted octanol–water partition coefficient (Wildman–Crippen LogP) is 2.82. The van der Waals surface area contributed by atoms with Crippen LogP contribution in [0.4, 0.5) is 11.4 Å². The van der Waals surface area contributed by atoms with E-state index in [1.807, 2.05) is 26.0 Å². The zero-order valence-corrected chi connectivity index (χ0v) is 15.2. The van der Waals surface area contributed by atoms with Crippen LogP contribution in [0.5, 0.6) is 11.5 Å². The van der Waals surface area contributed by atoms with E-state index in [-0.39, 0.29) is 4.90 Å². The Morgan fingerprint density at radius 2 is 1.80 bits per heavy atom. The number of nitrogen functional groups attached to an aromatic ring is 1. The number of rotatable bonds is 6. The van der Waals surface area contributed by atoms with Crippen LogP contribution in [0.15, 0.2) is 41.3 Å². The number of benzene rings is 2. The van der Waals surface area contributed by atoms with Crippen molar-refractivity contribution in [1.29, 1.82) is 0 Å². The molecule has 3 rings (SSSR count). The van der Waals surface area contributed by atoms with Gasteiger partial charge in [-0.3, -0.25) is 4.31 Å². The Bertz CT molecular complexity index is 881. The molecule has 2 N–H and O–H groups in total. The maximum atomic E-state index is 13.1. The Kier molecular flexibility index (Phi) is 4.76. The first kappa shape index (κ1) is 17.4. The lowest BCUT2D eigenvalue weighted by molar-refractivity contribution is 0.287. The lowest BCUT2D eigenvalue weighted by Gasteiger charge is -2.21. The summed E-state index contributed by atoms with van der Waals surface area (Å²) in [4.78, 5) is 0.163. The SMILES string of the molecule is CCOc1ccc(S(=O)(=O)N2CCc3cccc(N)c32)cc1OCC. The van der Waals surface area contributed by atoms with E-state index in [0.29, 0.717) is 49.1 Å². The summed E-state index contributed by atoms with van der Waals surface area (Å²) in [7, 11) is -3.73. The van der Waals surface area contributed by atoms with E-state index in [1.165, 1.54) is 10.4 Å². The van der Waals surface area contributed by atoms with Crippen LogP contribution >= 0.6 is 0 Å². The van der Waals surface area contributed by atoms with Crippen LogP contribution in [-0.4, -0.2) is 28.2 Å². The van der Waals surface area contributed by atoms with E-state index in [0.717, 1.165) is 5.56 Å². The van der Waals surface area contributed by atoms with Gasteiger partial charge >= 0.3 is 0 Å². The van der Waals surface area contributed by atoms with Crippen LogP contribution in [0, 0.1) is 0 Å². The Balaban J connectivity index is 2.03. The van der Waals surface area contributed by atoms with E-state index in [9.17, 15) is 8.42 Å². The van der Waals surface area contributed by atoms with Gasteiger partial charge in [-0.25, -0.2) is 8.42 Å². The summed E-state index contributed by atoms with van der Waals surface area (Å²) < 4.78 is 38.7. The molecule has 7 heteroatoms. The third kappa shape index (κ3) is 3.11. The van der Waals surface area contributed by atoms with Crippen LogP contribution in [0.2, 0.25) is 0 Å². The van der Waals surface area contributed by atoms with Crippen molar-refractivity contribution in [2.75, 3.05) is 29.8 Å². The second-order valence-electron chi connectivity index (χ2n) is 5.66. The molecule has 0 amide bonds. The maximum absolute atomic E-state index is 13.1. The second-order valence-corrected chi connectivity index (χ2v) is 7.52. The minimum Gasteiger partial charge on any atom is -0.490 e. The first-order chi connectivity index (χ1) is 12.0. The zero-order chi connectivity index (χ0) is 18.0. The number of para-hydroxylation sites is 1. The molecule has 1 aliphatic rings. The second kappa shape index (κ2) is 6.84. The Morgan fingerprint density at radius 1 is 1.08 bits per heavy atom. The van der Waals surface area contributed by atoms with Gasteiger partial charge in [-0.05, 0) is 44.0 Å². The minimum absolute atomic E-state index is 0.163. The van der Waals surface area contributed by atoms with Gasteiger partial charge in [0.05, 0.1) is 29.5 Å². The van der Waals surface area contributed by atoms with E-state index < -0.39 is 10.0 Å². The normalized spacial score (nSPS) is 13.6. The van der Waals surface area contributed by atoms with Crippen molar-refractivity contribution in [3.63, 3.8) is 0 Å². The molecule has 0 aliphatic carbocycles. The molecular weight excluding hydrogens is 340 g/mol. The fourth-order valence-electron chi connectivity index (χ4n) is 3.01. The fraction of sp³-hybridized carbons (Fsp3) is 0.333. The highest BCUT2D eigenvalue weighted by Gasteiger charge is 2.33. The van der Waals surface area contributed by atoms with Gasteiger partial charge in [0.1, 0.15) is 0 Å². The maximum Gasteiger partial charge on any atom is 0.264 e. The van der Waals surface area contributed by atoms with E-state index in [2.05, 4.69) is 0 Å². The smallest absolute Gasteiger partial charge is 0.264 e. The topological polar surface area (TPSA) is 81.9 Å². The molecule has 0 radical (unpaired) electrons. The Labute approximate surface area is 148 Å². The molecule has 0 atom stereocenters. The van der Waals surface area contributed by atoms with Crippen LogP contribution in [0.25, 0.3) is 0 Å². The van der Waals surface area contributed by atoms with Gasteiger partial charge in [-0.1, -0.05) is 12.1 Å². The molecule has 0 fully saturated rings. The number of ether oxygens (including phenoxy) is 2. The third-order valence-electron chi connectivity index (χ3n) is 4.09. The summed E-state index contributed by atoms with van der Waals surface area (Å²) in [5.41, 5.74) is 8.02. The summed E-state index contributed by atoms with van der Waals surface area (Å²) >= 11 is 0. The molecule has 0 bridgehead atoms. The highest BCUT2D eigenvalue weighted by atomic mass is 32.2. The van der Waals surface area contributed by atoms with Gasteiger partial charge in [-0.15, -0.1) is 0 Å². The Hall–Kier alpha value is -2.41. The molecule has 1 aliphatic heterocycles. The number of sulfonamides is 1. The molecule has 0 unspecified atom stereocenters. The van der Waals surface area contributed by atoms with Crippen molar-refractivity contribution in [1.82, 2.24) is 0 Å². The van der Waals surface area contributed by atoms with Crippen molar-refractivity contribution >= 4 is 21.4 Å². The van der Waals surface area contributed by atoms with Crippen LogP contribution in [0.3, 0.4) is 0 Å². The van der Waals surface area contributed by atoms with Crippen LogP contribution < -0.4 is 19.5 Å². The summed E-state index contributed by atoms with van der Waals surface area (Å²) in [6.07, 6.45) is 0.648. The zero-order valence-electron chi connectivity index (χ0n) is 14.4. The number of nitrogens with zero attached hydrogens (tertiary/aromatic N) is 1. The number of hydrogen-bond donors (Lipinski definition) is 1. The molecule has 6 nitrogen and oxygen atoms in total. The highest BCUT2D eigenvalue weighted by molar-refractivity contribution is 7.92. The van der Waals surface area contributed by atoms with Crippen molar-refractivity contribution in [2.24, 2.45) is 0 Å². The monoisotopic (exact) mass is 362 g/mol.